The quantitative estimate of drug-likeness (QED) is 0.606. The van der Waals surface area contributed by atoms with Crippen molar-refractivity contribution in [3.63, 3.8) is 0 Å². The maximum Gasteiger partial charge on any atom is 0.0782 e. The van der Waals surface area contributed by atoms with Crippen molar-refractivity contribution in [2.45, 2.75) is 38.9 Å². The zero-order valence-corrected chi connectivity index (χ0v) is 7.21. The Morgan fingerprint density at radius 3 is 2.64 bits per heavy atom. The summed E-state index contributed by atoms with van der Waals surface area (Å²) in [6, 6.07) is 0. The summed E-state index contributed by atoms with van der Waals surface area (Å²) in [7, 11) is 0. The number of aliphatic hydroxyl groups excluding tert-OH is 1. The molecule has 0 bridgehead atoms. The van der Waals surface area contributed by atoms with E-state index in [1.807, 2.05) is 13.8 Å². The Bertz CT molecular complexity index is 124. The molecule has 1 unspecified atom stereocenters. The zero-order valence-electron chi connectivity index (χ0n) is 7.21. The average molecular weight is 156 g/mol. The predicted molar refractivity (Wildman–Crippen MR) is 45.2 cm³/mol. The van der Waals surface area contributed by atoms with Crippen LogP contribution < -0.4 is 0 Å². The summed E-state index contributed by atoms with van der Waals surface area (Å²) in [6.07, 6.45) is 6.04. The third-order valence-electron chi connectivity index (χ3n) is 1.24. The van der Waals surface area contributed by atoms with Crippen molar-refractivity contribution in [2.24, 2.45) is 0 Å². The highest BCUT2D eigenvalue weighted by molar-refractivity contribution is 4.84. The molecule has 0 aliphatic carbocycles. The van der Waals surface area contributed by atoms with Crippen LogP contribution in [0.4, 0.5) is 0 Å². The molecule has 2 heteroatoms. The number of rotatable bonds is 5. The van der Waals surface area contributed by atoms with Crippen molar-refractivity contribution in [1.29, 1.82) is 0 Å². The van der Waals surface area contributed by atoms with Gasteiger partial charge in [-0.2, -0.15) is 0 Å². The van der Waals surface area contributed by atoms with Gasteiger partial charge in [-0.05, 0) is 20.3 Å². The minimum atomic E-state index is -0.409. The highest BCUT2D eigenvalue weighted by atomic mass is 16.5. The lowest BCUT2D eigenvalue weighted by Gasteiger charge is -2.11. The molecule has 0 heterocycles. The molecule has 0 saturated carbocycles. The molecule has 0 aromatic rings. The molecule has 0 aromatic carbocycles. The van der Waals surface area contributed by atoms with E-state index in [2.05, 4.69) is 5.92 Å². The van der Waals surface area contributed by atoms with Crippen LogP contribution in [0.5, 0.6) is 0 Å². The molecule has 0 radical (unpaired) electrons. The standard InChI is InChI=1S/C9H16O2/c1-4-5-6-9(10)7-11-8(2)3/h1,8-10H,5-7H2,2-3H3. The van der Waals surface area contributed by atoms with Crippen molar-refractivity contribution in [3.05, 3.63) is 0 Å². The fourth-order valence-electron chi connectivity index (χ4n) is 0.637. The summed E-state index contributed by atoms with van der Waals surface area (Å²) >= 11 is 0. The first-order valence-corrected chi connectivity index (χ1v) is 3.90. The first-order valence-electron chi connectivity index (χ1n) is 3.90. The molecule has 64 valence electrons. The van der Waals surface area contributed by atoms with Gasteiger partial charge in [0, 0.05) is 6.42 Å². The molecule has 0 saturated heterocycles. The average Bonchev–Trinajstić information content (AvgIpc) is 1.97. The molecule has 0 fully saturated rings. The van der Waals surface area contributed by atoms with Crippen molar-refractivity contribution < 1.29 is 9.84 Å². The van der Waals surface area contributed by atoms with Gasteiger partial charge < -0.3 is 9.84 Å². The molecule has 2 nitrogen and oxygen atoms in total. The molecule has 0 aliphatic rings. The van der Waals surface area contributed by atoms with Crippen LogP contribution >= 0.6 is 0 Å². The Morgan fingerprint density at radius 1 is 1.55 bits per heavy atom. The fourth-order valence-corrected chi connectivity index (χ4v) is 0.637. The normalized spacial score (nSPS) is 13.0. The number of hydrogen-bond acceptors (Lipinski definition) is 2. The second-order valence-corrected chi connectivity index (χ2v) is 2.78. The Morgan fingerprint density at radius 2 is 2.18 bits per heavy atom. The largest absolute Gasteiger partial charge is 0.391 e. The van der Waals surface area contributed by atoms with Gasteiger partial charge in [0.15, 0.2) is 0 Å². The maximum atomic E-state index is 9.21. The van der Waals surface area contributed by atoms with Crippen molar-refractivity contribution in [3.8, 4) is 12.3 Å². The zero-order chi connectivity index (χ0) is 8.69. The summed E-state index contributed by atoms with van der Waals surface area (Å²) in [5.41, 5.74) is 0. The number of aliphatic hydroxyl groups is 1. The number of hydrogen-bond donors (Lipinski definition) is 1. The number of terminal acetylenes is 1. The molecule has 0 spiro atoms. The van der Waals surface area contributed by atoms with Crippen LogP contribution in [0.15, 0.2) is 0 Å². The van der Waals surface area contributed by atoms with Gasteiger partial charge >= 0.3 is 0 Å². The Hall–Kier alpha value is -0.520. The van der Waals surface area contributed by atoms with Crippen LogP contribution in [-0.2, 0) is 4.74 Å². The van der Waals surface area contributed by atoms with E-state index in [1.165, 1.54) is 0 Å². The lowest BCUT2D eigenvalue weighted by molar-refractivity contribution is 0.00333. The third-order valence-corrected chi connectivity index (χ3v) is 1.24. The van der Waals surface area contributed by atoms with Crippen LogP contribution in [0.3, 0.4) is 0 Å². The van der Waals surface area contributed by atoms with E-state index in [4.69, 9.17) is 11.2 Å². The van der Waals surface area contributed by atoms with Crippen LogP contribution in [0.1, 0.15) is 26.7 Å². The number of ether oxygens (including phenoxy) is 1. The van der Waals surface area contributed by atoms with Crippen molar-refractivity contribution in [2.75, 3.05) is 6.61 Å². The molecule has 11 heavy (non-hydrogen) atoms. The first-order chi connectivity index (χ1) is 5.16. The molecule has 0 amide bonds. The highest BCUT2D eigenvalue weighted by Gasteiger charge is 2.03. The van der Waals surface area contributed by atoms with Gasteiger partial charge in [-0.3, -0.25) is 0 Å². The smallest absolute Gasteiger partial charge is 0.0782 e. The minimum absolute atomic E-state index is 0.176. The SMILES string of the molecule is C#CCCC(O)COC(C)C. The summed E-state index contributed by atoms with van der Waals surface area (Å²) < 4.78 is 5.18. The van der Waals surface area contributed by atoms with Gasteiger partial charge in [0.1, 0.15) is 0 Å². The van der Waals surface area contributed by atoms with Gasteiger partial charge in [-0.25, -0.2) is 0 Å². The highest BCUT2D eigenvalue weighted by Crippen LogP contribution is 1.98. The van der Waals surface area contributed by atoms with Gasteiger partial charge in [0.25, 0.3) is 0 Å². The molecule has 0 aromatic heterocycles. The second kappa shape index (κ2) is 6.21. The topological polar surface area (TPSA) is 29.5 Å². The maximum absolute atomic E-state index is 9.21. The van der Waals surface area contributed by atoms with Crippen LogP contribution in [-0.4, -0.2) is 23.9 Å². The van der Waals surface area contributed by atoms with E-state index in [1.54, 1.807) is 0 Å². The van der Waals surface area contributed by atoms with E-state index < -0.39 is 6.10 Å². The predicted octanol–water partition coefficient (Wildman–Crippen LogP) is 1.19. The molecule has 1 atom stereocenters. The summed E-state index contributed by atoms with van der Waals surface area (Å²) in [5.74, 6) is 2.47. The molecule has 0 aliphatic heterocycles. The molecule has 0 rings (SSSR count). The first kappa shape index (κ1) is 10.5. The van der Waals surface area contributed by atoms with Gasteiger partial charge in [0.2, 0.25) is 0 Å². The van der Waals surface area contributed by atoms with Gasteiger partial charge in [0.05, 0.1) is 18.8 Å². The summed E-state index contributed by atoms with van der Waals surface area (Å²) in [4.78, 5) is 0. The lowest BCUT2D eigenvalue weighted by Crippen LogP contribution is -2.17. The van der Waals surface area contributed by atoms with Crippen LogP contribution in [0, 0.1) is 12.3 Å². The van der Waals surface area contributed by atoms with Gasteiger partial charge in [-0.1, -0.05) is 0 Å². The summed E-state index contributed by atoms with van der Waals surface area (Å²) in [6.45, 7) is 4.27. The Kier molecular flexibility index (Phi) is 5.91. The summed E-state index contributed by atoms with van der Waals surface area (Å²) in [5, 5.41) is 9.21. The fraction of sp³-hybridized carbons (Fsp3) is 0.778. The van der Waals surface area contributed by atoms with Crippen LogP contribution in [0.25, 0.3) is 0 Å². The lowest BCUT2D eigenvalue weighted by atomic mass is 10.2. The van der Waals surface area contributed by atoms with Crippen LogP contribution in [0.2, 0.25) is 0 Å². The van der Waals surface area contributed by atoms with E-state index in [0.717, 1.165) is 0 Å². The third kappa shape index (κ3) is 7.38. The van der Waals surface area contributed by atoms with Gasteiger partial charge in [-0.15, -0.1) is 12.3 Å². The van der Waals surface area contributed by atoms with Crippen molar-refractivity contribution >= 4 is 0 Å². The molecular weight excluding hydrogens is 140 g/mol. The van der Waals surface area contributed by atoms with E-state index >= 15 is 0 Å². The van der Waals surface area contributed by atoms with E-state index in [0.29, 0.717) is 19.4 Å². The molecule has 1 N–H and O–H groups in total. The Balaban J connectivity index is 3.23. The Labute approximate surface area is 68.6 Å². The van der Waals surface area contributed by atoms with E-state index in [-0.39, 0.29) is 6.10 Å². The monoisotopic (exact) mass is 156 g/mol. The van der Waals surface area contributed by atoms with Crippen molar-refractivity contribution in [1.82, 2.24) is 0 Å². The minimum Gasteiger partial charge on any atom is -0.391 e. The van der Waals surface area contributed by atoms with E-state index in [9.17, 15) is 5.11 Å². The second-order valence-electron chi connectivity index (χ2n) is 2.78. The molecular formula is C9H16O2.